The molecule has 0 atom stereocenters. The topological polar surface area (TPSA) is 51.5 Å². The van der Waals surface area contributed by atoms with Crippen LogP contribution in [0.15, 0.2) is 18.2 Å². The summed E-state index contributed by atoms with van der Waals surface area (Å²) in [6.07, 6.45) is -0.391. The molecule has 1 aliphatic heterocycles. The molecule has 2 rings (SSSR count). The summed E-state index contributed by atoms with van der Waals surface area (Å²) in [5.74, 6) is 0.715. The predicted molar refractivity (Wildman–Crippen MR) is 83.6 cm³/mol. The third-order valence-corrected chi connectivity index (χ3v) is 8.53. The first-order valence-corrected chi connectivity index (χ1v) is 10.1. The van der Waals surface area contributed by atoms with Crippen LogP contribution < -0.4 is 4.43 Å². The second kappa shape index (κ2) is 5.80. The molecule has 0 aliphatic carbocycles. The number of benzene rings is 1. The molecule has 1 aromatic rings. The fraction of sp³-hybridized carbons (Fsp3) is 0.562. The summed E-state index contributed by atoms with van der Waals surface area (Å²) in [6, 6.07) is 7.60. The van der Waals surface area contributed by atoms with Gasteiger partial charge >= 0.3 is 0 Å². The Balaban J connectivity index is 2.38. The number of hydrogen-bond donors (Lipinski definition) is 0. The maximum atomic E-state index is 9.12. The van der Waals surface area contributed by atoms with E-state index in [4.69, 9.17) is 19.2 Å². The Kier molecular flexibility index (Phi) is 4.42. The van der Waals surface area contributed by atoms with E-state index in [-0.39, 0.29) is 5.04 Å². The van der Waals surface area contributed by atoms with Gasteiger partial charge in [0.15, 0.2) is 6.29 Å². The second-order valence-electron chi connectivity index (χ2n) is 6.80. The molecule has 21 heavy (non-hydrogen) atoms. The van der Waals surface area contributed by atoms with E-state index in [1.165, 1.54) is 0 Å². The predicted octanol–water partition coefficient (Wildman–Crippen LogP) is 3.99. The van der Waals surface area contributed by atoms with E-state index in [0.717, 1.165) is 5.56 Å². The van der Waals surface area contributed by atoms with Crippen LogP contribution in [-0.4, -0.2) is 21.5 Å². The van der Waals surface area contributed by atoms with Gasteiger partial charge < -0.3 is 13.9 Å². The van der Waals surface area contributed by atoms with Gasteiger partial charge in [0.25, 0.3) is 0 Å². The van der Waals surface area contributed by atoms with Gasteiger partial charge in [0.1, 0.15) is 5.75 Å². The van der Waals surface area contributed by atoms with E-state index in [0.29, 0.717) is 24.5 Å². The van der Waals surface area contributed by atoms with Gasteiger partial charge in [-0.2, -0.15) is 5.26 Å². The minimum atomic E-state index is -1.98. The summed E-state index contributed by atoms with van der Waals surface area (Å²) in [5.41, 5.74) is 1.46. The van der Waals surface area contributed by atoms with Crippen LogP contribution in [0.5, 0.6) is 5.75 Å². The van der Waals surface area contributed by atoms with Crippen molar-refractivity contribution >= 4 is 8.32 Å². The van der Waals surface area contributed by atoms with E-state index in [1.807, 2.05) is 6.07 Å². The van der Waals surface area contributed by atoms with Crippen LogP contribution in [0.3, 0.4) is 0 Å². The van der Waals surface area contributed by atoms with Gasteiger partial charge in [-0.25, -0.2) is 0 Å². The normalized spacial score (nSPS) is 16.8. The fourth-order valence-electron chi connectivity index (χ4n) is 1.85. The molecular weight excluding hydrogens is 282 g/mol. The molecule has 1 saturated heterocycles. The Hall–Kier alpha value is -1.35. The number of ether oxygens (including phenoxy) is 2. The van der Waals surface area contributed by atoms with E-state index in [1.54, 1.807) is 12.1 Å². The minimum Gasteiger partial charge on any atom is -0.543 e. The number of nitriles is 1. The zero-order chi connectivity index (χ0) is 15.7. The quantitative estimate of drug-likeness (QED) is 0.792. The molecule has 0 radical (unpaired) electrons. The highest BCUT2D eigenvalue weighted by Gasteiger charge is 2.40. The first-order valence-electron chi connectivity index (χ1n) is 7.21. The van der Waals surface area contributed by atoms with Crippen molar-refractivity contribution in [2.75, 3.05) is 13.2 Å². The summed E-state index contributed by atoms with van der Waals surface area (Å²) >= 11 is 0. The maximum absolute atomic E-state index is 9.12. The van der Waals surface area contributed by atoms with Crippen molar-refractivity contribution in [2.24, 2.45) is 0 Å². The second-order valence-corrected chi connectivity index (χ2v) is 11.5. The van der Waals surface area contributed by atoms with Crippen molar-refractivity contribution in [1.82, 2.24) is 0 Å². The summed E-state index contributed by atoms with van der Waals surface area (Å²) in [5, 5.41) is 9.21. The highest BCUT2D eigenvalue weighted by molar-refractivity contribution is 6.74. The van der Waals surface area contributed by atoms with E-state index < -0.39 is 14.6 Å². The monoisotopic (exact) mass is 305 g/mol. The highest BCUT2D eigenvalue weighted by Crippen LogP contribution is 2.40. The van der Waals surface area contributed by atoms with Crippen LogP contribution in [0.4, 0.5) is 0 Å². The molecule has 5 heteroatoms. The average Bonchev–Trinajstić information content (AvgIpc) is 2.90. The first kappa shape index (κ1) is 16.0. The molecule has 0 amide bonds. The molecule has 0 spiro atoms. The lowest BCUT2D eigenvalue weighted by Crippen LogP contribution is -2.44. The Labute approximate surface area is 127 Å². The van der Waals surface area contributed by atoms with Crippen molar-refractivity contribution in [3.8, 4) is 11.8 Å². The van der Waals surface area contributed by atoms with E-state index in [9.17, 15) is 0 Å². The molecule has 4 nitrogen and oxygen atoms in total. The maximum Gasteiger partial charge on any atom is 0.250 e. The molecule has 1 heterocycles. The standard InChI is InChI=1S/C16H23NO3Si/c1-16(2,3)21(4,5)20-14-10-12(11-17)6-7-13(14)15-18-8-9-19-15/h6-7,10,15H,8-9H2,1-5H3. The molecule has 1 fully saturated rings. The van der Waals surface area contributed by atoms with Crippen molar-refractivity contribution in [1.29, 1.82) is 5.26 Å². The highest BCUT2D eigenvalue weighted by atomic mass is 28.4. The van der Waals surface area contributed by atoms with Crippen molar-refractivity contribution in [3.05, 3.63) is 29.3 Å². The Morgan fingerprint density at radius 3 is 2.38 bits per heavy atom. The summed E-state index contributed by atoms with van der Waals surface area (Å²) in [7, 11) is -1.98. The van der Waals surface area contributed by atoms with Crippen molar-refractivity contribution < 1.29 is 13.9 Å². The molecular formula is C16H23NO3Si. The van der Waals surface area contributed by atoms with Gasteiger partial charge in [-0.3, -0.25) is 0 Å². The molecule has 0 bridgehead atoms. The van der Waals surface area contributed by atoms with Crippen LogP contribution in [0.25, 0.3) is 0 Å². The SMILES string of the molecule is CC(C)(C)[Si](C)(C)Oc1cc(C#N)ccc1C1OCCO1. The van der Waals surface area contributed by atoms with Crippen LogP contribution >= 0.6 is 0 Å². The average molecular weight is 305 g/mol. The zero-order valence-corrected chi connectivity index (χ0v) is 14.4. The Morgan fingerprint density at radius 1 is 1.24 bits per heavy atom. The van der Waals surface area contributed by atoms with Crippen LogP contribution in [0.1, 0.15) is 38.2 Å². The van der Waals surface area contributed by atoms with Gasteiger partial charge in [-0.05, 0) is 36.3 Å². The van der Waals surface area contributed by atoms with Crippen LogP contribution in [0.2, 0.25) is 18.1 Å². The number of rotatable bonds is 3. The molecule has 0 saturated carbocycles. The van der Waals surface area contributed by atoms with Crippen LogP contribution in [-0.2, 0) is 9.47 Å². The third kappa shape index (κ3) is 3.46. The number of nitrogens with zero attached hydrogens (tertiary/aromatic N) is 1. The molecule has 1 aromatic carbocycles. The van der Waals surface area contributed by atoms with Gasteiger partial charge in [0.2, 0.25) is 8.32 Å². The molecule has 1 aliphatic rings. The van der Waals surface area contributed by atoms with Crippen LogP contribution in [0, 0.1) is 11.3 Å². The number of hydrogen-bond acceptors (Lipinski definition) is 4. The van der Waals surface area contributed by atoms with Gasteiger partial charge in [-0.15, -0.1) is 0 Å². The summed E-state index contributed by atoms with van der Waals surface area (Å²) in [4.78, 5) is 0. The van der Waals surface area contributed by atoms with Gasteiger partial charge in [0.05, 0.1) is 24.8 Å². The molecule has 0 aromatic heterocycles. The van der Waals surface area contributed by atoms with E-state index >= 15 is 0 Å². The Morgan fingerprint density at radius 2 is 1.86 bits per heavy atom. The fourth-order valence-corrected chi connectivity index (χ4v) is 2.89. The minimum absolute atomic E-state index is 0.0876. The molecule has 114 valence electrons. The Bertz CT molecular complexity index is 552. The van der Waals surface area contributed by atoms with Crippen molar-refractivity contribution in [3.63, 3.8) is 0 Å². The third-order valence-electron chi connectivity index (χ3n) is 4.19. The van der Waals surface area contributed by atoms with E-state index in [2.05, 4.69) is 39.9 Å². The largest absolute Gasteiger partial charge is 0.543 e. The summed E-state index contributed by atoms with van der Waals surface area (Å²) < 4.78 is 17.5. The molecule has 0 N–H and O–H groups in total. The smallest absolute Gasteiger partial charge is 0.250 e. The van der Waals surface area contributed by atoms with Crippen molar-refractivity contribution in [2.45, 2.75) is 45.2 Å². The summed E-state index contributed by atoms with van der Waals surface area (Å²) in [6.45, 7) is 12.1. The zero-order valence-electron chi connectivity index (χ0n) is 13.4. The van der Waals surface area contributed by atoms with Gasteiger partial charge in [-0.1, -0.05) is 20.8 Å². The first-order chi connectivity index (χ1) is 9.74. The van der Waals surface area contributed by atoms with Gasteiger partial charge in [0, 0.05) is 5.56 Å². The lowest BCUT2D eigenvalue weighted by Gasteiger charge is -2.37. The molecule has 0 unspecified atom stereocenters. The lowest BCUT2D eigenvalue weighted by atomic mass is 10.1. The lowest BCUT2D eigenvalue weighted by molar-refractivity contribution is -0.0450.